The minimum absolute atomic E-state index is 0.315. The monoisotopic (exact) mass is 324 g/mol. The smallest absolute Gasteiger partial charge is 0.240 e. The van der Waals surface area contributed by atoms with Gasteiger partial charge in [0.05, 0.1) is 4.90 Å². The van der Waals surface area contributed by atoms with Gasteiger partial charge in [0.15, 0.2) is 0 Å². The summed E-state index contributed by atoms with van der Waals surface area (Å²) in [6.45, 7) is 4.04. The number of sulfonamides is 1. The average Bonchev–Trinajstić information content (AvgIpc) is 2.99. The Bertz CT molecular complexity index is 652. The molecular weight excluding hydrogens is 304 g/mol. The molecule has 0 radical (unpaired) electrons. The molecule has 0 bridgehead atoms. The summed E-state index contributed by atoms with van der Waals surface area (Å²) in [6.07, 6.45) is 1.06. The van der Waals surface area contributed by atoms with Gasteiger partial charge in [-0.3, -0.25) is 0 Å². The van der Waals surface area contributed by atoms with Crippen LogP contribution in [0.4, 0.5) is 0 Å². The van der Waals surface area contributed by atoms with Gasteiger partial charge in [0.25, 0.3) is 0 Å². The Balaban J connectivity index is 2.03. The number of thiophene rings is 1. The summed E-state index contributed by atoms with van der Waals surface area (Å²) in [5.74, 6) is 0. The average molecular weight is 324 g/mol. The Morgan fingerprint density at radius 2 is 2.00 bits per heavy atom. The van der Waals surface area contributed by atoms with Crippen LogP contribution in [0.5, 0.6) is 0 Å². The quantitative estimate of drug-likeness (QED) is 0.734. The summed E-state index contributed by atoms with van der Waals surface area (Å²) < 4.78 is 27.2. The molecular formula is C15H20N2O2S2. The van der Waals surface area contributed by atoms with Crippen LogP contribution in [-0.2, 0) is 23.1 Å². The van der Waals surface area contributed by atoms with E-state index in [-0.39, 0.29) is 0 Å². The van der Waals surface area contributed by atoms with Gasteiger partial charge < -0.3 is 5.32 Å². The number of rotatable bonds is 8. The summed E-state index contributed by atoms with van der Waals surface area (Å²) in [4.78, 5) is 1.31. The second kappa shape index (κ2) is 7.70. The fraction of sp³-hybridized carbons (Fsp3) is 0.333. The summed E-state index contributed by atoms with van der Waals surface area (Å²) >= 11 is 1.54. The molecule has 1 heterocycles. The first-order valence-corrected chi connectivity index (χ1v) is 9.30. The highest BCUT2D eigenvalue weighted by Gasteiger charge is 2.14. The molecule has 2 rings (SSSR count). The summed E-state index contributed by atoms with van der Waals surface area (Å²) in [5, 5.41) is 5.21. The van der Waals surface area contributed by atoms with E-state index in [0.29, 0.717) is 18.0 Å². The van der Waals surface area contributed by atoms with Crippen molar-refractivity contribution in [1.29, 1.82) is 0 Å². The van der Waals surface area contributed by atoms with Crippen LogP contribution in [0.1, 0.15) is 23.8 Å². The predicted octanol–water partition coefficient (Wildman–Crippen LogP) is 2.73. The molecule has 1 aromatic carbocycles. The van der Waals surface area contributed by atoms with Crippen LogP contribution in [0.2, 0.25) is 0 Å². The van der Waals surface area contributed by atoms with Crippen molar-refractivity contribution in [2.45, 2.75) is 31.3 Å². The molecule has 0 unspecified atom stereocenters. The zero-order valence-electron chi connectivity index (χ0n) is 12.0. The van der Waals surface area contributed by atoms with Gasteiger partial charge in [0.2, 0.25) is 10.0 Å². The van der Waals surface area contributed by atoms with E-state index in [1.165, 1.54) is 11.3 Å². The summed E-state index contributed by atoms with van der Waals surface area (Å²) in [6, 6.07) is 10.9. The van der Waals surface area contributed by atoms with Gasteiger partial charge in [-0.1, -0.05) is 25.1 Å². The standard InChI is InChI=1S/C15H20N2O2S2/c1-2-8-16-11-13-5-3-7-15(10-13)21(18,19)17-12-14-6-4-9-20-14/h3-7,9-10,16-17H,2,8,11-12H2,1H3. The van der Waals surface area contributed by atoms with E-state index < -0.39 is 10.0 Å². The van der Waals surface area contributed by atoms with Crippen molar-refractivity contribution in [3.8, 4) is 0 Å². The molecule has 21 heavy (non-hydrogen) atoms. The lowest BCUT2D eigenvalue weighted by Crippen LogP contribution is -2.23. The largest absolute Gasteiger partial charge is 0.313 e. The summed E-state index contributed by atoms with van der Waals surface area (Å²) in [5.41, 5.74) is 0.974. The molecule has 0 atom stereocenters. The first-order valence-electron chi connectivity index (χ1n) is 6.93. The number of benzene rings is 1. The first-order chi connectivity index (χ1) is 10.1. The maximum atomic E-state index is 12.3. The third-order valence-electron chi connectivity index (χ3n) is 2.98. The molecule has 0 aliphatic carbocycles. The SMILES string of the molecule is CCCNCc1cccc(S(=O)(=O)NCc2cccs2)c1. The first kappa shape index (κ1) is 16.2. The van der Waals surface area contributed by atoms with Crippen molar-refractivity contribution in [2.75, 3.05) is 6.54 Å². The second-order valence-corrected chi connectivity index (χ2v) is 7.53. The van der Waals surface area contributed by atoms with Crippen molar-refractivity contribution in [1.82, 2.24) is 10.0 Å². The number of hydrogen-bond donors (Lipinski definition) is 2. The Labute approximate surface area is 130 Å². The zero-order chi connectivity index (χ0) is 15.1. The maximum absolute atomic E-state index is 12.3. The highest BCUT2D eigenvalue weighted by atomic mass is 32.2. The van der Waals surface area contributed by atoms with Crippen molar-refractivity contribution in [3.63, 3.8) is 0 Å². The Morgan fingerprint density at radius 1 is 1.14 bits per heavy atom. The van der Waals surface area contributed by atoms with Gasteiger partial charge in [-0.2, -0.15) is 0 Å². The van der Waals surface area contributed by atoms with Crippen LogP contribution in [0.15, 0.2) is 46.7 Å². The summed E-state index contributed by atoms with van der Waals surface area (Å²) in [7, 11) is -3.46. The molecule has 2 aromatic rings. The molecule has 0 aliphatic heterocycles. The number of nitrogens with one attached hydrogen (secondary N) is 2. The lowest BCUT2D eigenvalue weighted by molar-refractivity contribution is 0.581. The van der Waals surface area contributed by atoms with Crippen LogP contribution in [0.25, 0.3) is 0 Å². The molecule has 114 valence electrons. The van der Waals surface area contributed by atoms with E-state index in [1.54, 1.807) is 18.2 Å². The molecule has 1 aromatic heterocycles. The normalized spacial score (nSPS) is 11.7. The van der Waals surface area contributed by atoms with E-state index >= 15 is 0 Å². The number of hydrogen-bond acceptors (Lipinski definition) is 4. The molecule has 0 aliphatic rings. The third kappa shape index (κ3) is 4.93. The third-order valence-corrected chi connectivity index (χ3v) is 5.26. The van der Waals surface area contributed by atoms with Gasteiger partial charge in [-0.15, -0.1) is 11.3 Å². The van der Waals surface area contributed by atoms with Crippen LogP contribution >= 0.6 is 11.3 Å². The predicted molar refractivity (Wildman–Crippen MR) is 86.8 cm³/mol. The lowest BCUT2D eigenvalue weighted by atomic mass is 10.2. The van der Waals surface area contributed by atoms with Crippen LogP contribution < -0.4 is 10.0 Å². The van der Waals surface area contributed by atoms with Gasteiger partial charge in [-0.05, 0) is 42.1 Å². The zero-order valence-corrected chi connectivity index (χ0v) is 13.6. The molecule has 0 fully saturated rings. The van der Waals surface area contributed by atoms with Crippen LogP contribution in [-0.4, -0.2) is 15.0 Å². The van der Waals surface area contributed by atoms with E-state index in [4.69, 9.17) is 0 Å². The van der Waals surface area contributed by atoms with E-state index in [0.717, 1.165) is 23.4 Å². The van der Waals surface area contributed by atoms with Gasteiger partial charge in [-0.25, -0.2) is 13.1 Å². The highest BCUT2D eigenvalue weighted by molar-refractivity contribution is 7.89. The van der Waals surface area contributed by atoms with E-state index in [9.17, 15) is 8.42 Å². The fourth-order valence-electron chi connectivity index (χ4n) is 1.89. The Morgan fingerprint density at radius 3 is 2.71 bits per heavy atom. The highest BCUT2D eigenvalue weighted by Crippen LogP contribution is 2.14. The van der Waals surface area contributed by atoms with Crippen molar-refractivity contribution in [3.05, 3.63) is 52.2 Å². The second-order valence-electron chi connectivity index (χ2n) is 4.73. The molecule has 0 saturated carbocycles. The lowest BCUT2D eigenvalue weighted by Gasteiger charge is -2.08. The maximum Gasteiger partial charge on any atom is 0.240 e. The van der Waals surface area contributed by atoms with Crippen molar-refractivity contribution < 1.29 is 8.42 Å². The Hall–Kier alpha value is -1.21. The van der Waals surface area contributed by atoms with Crippen LogP contribution in [0.3, 0.4) is 0 Å². The van der Waals surface area contributed by atoms with Gasteiger partial charge >= 0.3 is 0 Å². The molecule has 4 nitrogen and oxygen atoms in total. The minimum atomic E-state index is -3.46. The topological polar surface area (TPSA) is 58.2 Å². The van der Waals surface area contributed by atoms with Gasteiger partial charge in [0, 0.05) is 18.0 Å². The van der Waals surface area contributed by atoms with Gasteiger partial charge in [0.1, 0.15) is 0 Å². The van der Waals surface area contributed by atoms with Crippen molar-refractivity contribution >= 4 is 21.4 Å². The Kier molecular flexibility index (Phi) is 5.93. The molecule has 0 saturated heterocycles. The molecule has 2 N–H and O–H groups in total. The van der Waals surface area contributed by atoms with Crippen molar-refractivity contribution in [2.24, 2.45) is 0 Å². The molecule has 0 spiro atoms. The van der Waals surface area contributed by atoms with Crippen LogP contribution in [0, 0.1) is 0 Å². The fourth-order valence-corrected chi connectivity index (χ4v) is 3.71. The van der Waals surface area contributed by atoms with E-state index in [1.807, 2.05) is 23.6 Å². The molecule has 6 heteroatoms. The van der Waals surface area contributed by atoms with E-state index in [2.05, 4.69) is 17.0 Å². The molecule has 0 amide bonds. The minimum Gasteiger partial charge on any atom is -0.313 e.